The standard InChI is InChI=1S/C59H38S/c1-35-31-54-48(45-24-10-17-36-13-2-6-20-41(36)45)28-30-51-53-33-40(32-39-16-5-9-23-44(39)53)52-34-55-49(46-25-11-18-37-14-3-7-21-42(37)46)27-29-50(57(55)59(52)60-58(35)56(51)54)47-26-12-19-38-15-4-8-22-43(38)47/h2-34,58-59H,1H3. The van der Waals surface area contributed by atoms with E-state index >= 15 is 0 Å². The van der Waals surface area contributed by atoms with E-state index in [1.165, 1.54) is 127 Å². The van der Waals surface area contributed by atoms with Crippen molar-refractivity contribution in [2.75, 3.05) is 0 Å². The number of hydrogen-bond acceptors (Lipinski definition) is 1. The Hall–Kier alpha value is -6.93. The molecule has 0 saturated heterocycles. The van der Waals surface area contributed by atoms with E-state index in [1.54, 1.807) is 0 Å². The van der Waals surface area contributed by atoms with Gasteiger partial charge in [-0.2, -0.15) is 0 Å². The van der Waals surface area contributed by atoms with E-state index in [-0.39, 0.29) is 10.5 Å². The molecule has 0 amide bonds. The van der Waals surface area contributed by atoms with Crippen molar-refractivity contribution in [2.24, 2.45) is 0 Å². The lowest BCUT2D eigenvalue weighted by molar-refractivity contribution is 1.14. The first-order chi connectivity index (χ1) is 29.7. The summed E-state index contributed by atoms with van der Waals surface area (Å²) in [7, 11) is 0. The summed E-state index contributed by atoms with van der Waals surface area (Å²) >= 11 is 2.14. The van der Waals surface area contributed by atoms with Crippen LogP contribution in [0.1, 0.15) is 45.2 Å². The number of fused-ring (bicyclic) bond motifs is 12. The summed E-state index contributed by atoms with van der Waals surface area (Å²) in [6.45, 7) is 2.37. The molecule has 1 heteroatoms. The van der Waals surface area contributed by atoms with Crippen LogP contribution in [-0.4, -0.2) is 0 Å². The molecule has 2 aliphatic carbocycles. The van der Waals surface area contributed by atoms with Gasteiger partial charge in [0.1, 0.15) is 0 Å². The van der Waals surface area contributed by atoms with Gasteiger partial charge in [-0.15, -0.1) is 11.8 Å². The minimum absolute atomic E-state index is 0.0874. The van der Waals surface area contributed by atoms with E-state index in [9.17, 15) is 0 Å². The van der Waals surface area contributed by atoms with Gasteiger partial charge in [-0.25, -0.2) is 0 Å². The van der Waals surface area contributed by atoms with E-state index < -0.39 is 0 Å². The minimum Gasteiger partial charge on any atom is -0.136 e. The van der Waals surface area contributed by atoms with Gasteiger partial charge in [-0.1, -0.05) is 188 Å². The molecule has 10 aromatic rings. The monoisotopic (exact) mass is 778 g/mol. The van der Waals surface area contributed by atoms with Crippen LogP contribution in [0.2, 0.25) is 0 Å². The van der Waals surface area contributed by atoms with Crippen LogP contribution in [0.4, 0.5) is 0 Å². The van der Waals surface area contributed by atoms with Crippen molar-refractivity contribution in [3.05, 3.63) is 221 Å². The molecule has 10 aromatic carbocycles. The zero-order chi connectivity index (χ0) is 39.5. The number of benzene rings is 10. The molecule has 1 heterocycles. The number of thioether (sulfide) groups is 1. The lowest BCUT2D eigenvalue weighted by atomic mass is 9.85. The van der Waals surface area contributed by atoms with Gasteiger partial charge in [0.05, 0.1) is 10.5 Å². The van der Waals surface area contributed by atoms with Gasteiger partial charge in [0, 0.05) is 0 Å². The first kappa shape index (κ1) is 34.0. The smallest absolute Gasteiger partial charge is 0.0574 e. The molecule has 0 spiro atoms. The Morgan fingerprint density at radius 3 is 1.32 bits per heavy atom. The van der Waals surface area contributed by atoms with Crippen LogP contribution in [0, 0.1) is 0 Å². The summed E-state index contributed by atoms with van der Waals surface area (Å²) in [6.07, 6.45) is 5.08. The van der Waals surface area contributed by atoms with Crippen molar-refractivity contribution in [2.45, 2.75) is 17.4 Å². The number of rotatable bonds is 3. The molecule has 0 saturated carbocycles. The minimum atomic E-state index is 0.0874. The molecule has 280 valence electrons. The summed E-state index contributed by atoms with van der Waals surface area (Å²) in [6, 6.07) is 70.6. The van der Waals surface area contributed by atoms with Gasteiger partial charge in [-0.3, -0.25) is 0 Å². The Labute approximate surface area is 354 Å². The molecule has 0 fully saturated rings. The second-order valence-electron chi connectivity index (χ2n) is 16.7. The van der Waals surface area contributed by atoms with Gasteiger partial charge < -0.3 is 0 Å². The zero-order valence-electron chi connectivity index (χ0n) is 33.1. The first-order valence-electron chi connectivity index (χ1n) is 21.0. The van der Waals surface area contributed by atoms with Crippen molar-refractivity contribution < 1.29 is 0 Å². The average Bonchev–Trinajstić information content (AvgIpc) is 3.86. The highest BCUT2D eigenvalue weighted by Crippen LogP contribution is 2.63. The van der Waals surface area contributed by atoms with Crippen LogP contribution in [0.5, 0.6) is 0 Å². The lowest BCUT2D eigenvalue weighted by Gasteiger charge is -2.26. The molecule has 1 aliphatic heterocycles. The SMILES string of the molecule is CC1=Cc2c(-c3cccc4ccccc34)ccc3c2C1SC1C(=Cc2c(-c4cccc5ccccc45)ccc(-c4cccc5ccccc45)c21)c1cc-3c2ccccc2c1. The summed E-state index contributed by atoms with van der Waals surface area (Å²) in [4.78, 5) is 0. The highest BCUT2D eigenvalue weighted by atomic mass is 32.2. The van der Waals surface area contributed by atoms with Crippen molar-refractivity contribution in [3.63, 3.8) is 0 Å². The van der Waals surface area contributed by atoms with Crippen LogP contribution in [0.15, 0.2) is 194 Å². The van der Waals surface area contributed by atoms with Crippen molar-refractivity contribution >= 4 is 72.6 Å². The molecule has 2 atom stereocenters. The first-order valence-corrected chi connectivity index (χ1v) is 22.0. The Balaban J connectivity index is 1.12. The number of hydrogen-bond donors (Lipinski definition) is 0. The molecule has 0 aromatic heterocycles. The van der Waals surface area contributed by atoms with E-state index in [2.05, 4.69) is 219 Å². The maximum atomic E-state index is 2.57. The average molecular weight is 779 g/mol. The van der Waals surface area contributed by atoms with E-state index in [0.717, 1.165) is 0 Å². The predicted octanol–water partition coefficient (Wildman–Crippen LogP) is 16.8. The Kier molecular flexibility index (Phi) is 7.38. The molecule has 0 radical (unpaired) electrons. The largest absolute Gasteiger partial charge is 0.136 e. The van der Waals surface area contributed by atoms with Crippen LogP contribution in [0.3, 0.4) is 0 Å². The maximum absolute atomic E-state index is 2.57. The van der Waals surface area contributed by atoms with Gasteiger partial charge in [0.25, 0.3) is 0 Å². The van der Waals surface area contributed by atoms with E-state index in [4.69, 9.17) is 0 Å². The molecule has 13 rings (SSSR count). The maximum Gasteiger partial charge on any atom is 0.0574 e. The molecular weight excluding hydrogens is 741 g/mol. The summed E-state index contributed by atoms with van der Waals surface area (Å²) in [5.74, 6) is 0. The fourth-order valence-corrected chi connectivity index (χ4v) is 12.5. The lowest BCUT2D eigenvalue weighted by Crippen LogP contribution is -2.03. The molecule has 0 nitrogen and oxygen atoms in total. The zero-order valence-corrected chi connectivity index (χ0v) is 33.9. The molecular formula is C59H38S. The van der Waals surface area contributed by atoms with Crippen LogP contribution >= 0.6 is 11.8 Å². The molecule has 2 unspecified atom stereocenters. The predicted molar refractivity (Wildman–Crippen MR) is 259 cm³/mol. The topological polar surface area (TPSA) is 0 Å². The highest BCUT2D eigenvalue weighted by Gasteiger charge is 2.39. The Morgan fingerprint density at radius 2 is 0.750 bits per heavy atom. The fraction of sp³-hybridized carbons (Fsp3) is 0.0508. The molecule has 60 heavy (non-hydrogen) atoms. The van der Waals surface area contributed by atoms with Gasteiger partial charge >= 0.3 is 0 Å². The Bertz CT molecular complexity index is 3530. The van der Waals surface area contributed by atoms with Gasteiger partial charge in [0.2, 0.25) is 0 Å². The normalized spacial score (nSPS) is 16.2. The van der Waals surface area contributed by atoms with Gasteiger partial charge in [-0.05, 0) is 146 Å². The summed E-state index contributed by atoms with van der Waals surface area (Å²) < 4.78 is 0. The Morgan fingerprint density at radius 1 is 0.333 bits per heavy atom. The van der Waals surface area contributed by atoms with E-state index in [1.807, 2.05) is 0 Å². The van der Waals surface area contributed by atoms with Crippen molar-refractivity contribution in [1.29, 1.82) is 0 Å². The molecule has 2 bridgehead atoms. The van der Waals surface area contributed by atoms with Crippen LogP contribution in [-0.2, 0) is 0 Å². The second kappa shape index (κ2) is 13.0. The second-order valence-corrected chi connectivity index (χ2v) is 17.9. The van der Waals surface area contributed by atoms with Gasteiger partial charge in [0.15, 0.2) is 0 Å². The van der Waals surface area contributed by atoms with Crippen molar-refractivity contribution in [3.8, 4) is 44.5 Å². The van der Waals surface area contributed by atoms with E-state index in [0.29, 0.717) is 0 Å². The van der Waals surface area contributed by atoms with Crippen molar-refractivity contribution in [1.82, 2.24) is 0 Å². The molecule has 3 aliphatic rings. The quantitative estimate of drug-likeness (QED) is 0.172. The third-order valence-electron chi connectivity index (χ3n) is 13.5. The highest BCUT2D eigenvalue weighted by molar-refractivity contribution is 8.00. The molecule has 0 N–H and O–H groups in total. The third kappa shape index (κ3) is 4.94. The summed E-state index contributed by atoms with van der Waals surface area (Å²) in [5.41, 5.74) is 20.1. The fourth-order valence-electron chi connectivity index (χ4n) is 10.8. The van der Waals surface area contributed by atoms with Crippen LogP contribution in [0.25, 0.3) is 105 Å². The third-order valence-corrected chi connectivity index (χ3v) is 15.1. The summed E-state index contributed by atoms with van der Waals surface area (Å²) in [5, 5.41) is 10.5. The van der Waals surface area contributed by atoms with Crippen LogP contribution < -0.4 is 0 Å².